The second kappa shape index (κ2) is 6.64. The molecule has 2 aliphatic heterocycles. The lowest BCUT2D eigenvalue weighted by Gasteiger charge is -2.29. The molecule has 5 heteroatoms. The highest BCUT2D eigenvalue weighted by molar-refractivity contribution is 6.05. The number of ether oxygens (including phenoxy) is 1. The van der Waals surface area contributed by atoms with Crippen molar-refractivity contribution in [3.63, 3.8) is 0 Å². The molecule has 0 radical (unpaired) electrons. The van der Waals surface area contributed by atoms with Gasteiger partial charge >= 0.3 is 0 Å². The summed E-state index contributed by atoms with van der Waals surface area (Å²) in [5.41, 5.74) is 1.22. The molecule has 5 nitrogen and oxygen atoms in total. The Morgan fingerprint density at radius 1 is 1.04 bits per heavy atom. The Hall–Kier alpha value is -2.14. The average Bonchev–Trinajstić information content (AvgIpc) is 3.21. The number of carbonyl (C=O) groups excluding carboxylic acids is 2. The Labute approximate surface area is 148 Å². The summed E-state index contributed by atoms with van der Waals surface area (Å²) in [5.74, 6) is 0.591. The van der Waals surface area contributed by atoms with E-state index in [9.17, 15) is 9.59 Å². The summed E-state index contributed by atoms with van der Waals surface area (Å²) in [6.07, 6.45) is 7.61. The summed E-state index contributed by atoms with van der Waals surface area (Å²) in [5, 5.41) is 0. The van der Waals surface area contributed by atoms with Gasteiger partial charge in [-0.3, -0.25) is 19.4 Å². The third kappa shape index (κ3) is 2.86. The van der Waals surface area contributed by atoms with Gasteiger partial charge in [-0.05, 0) is 43.4 Å². The van der Waals surface area contributed by atoms with Crippen molar-refractivity contribution in [1.29, 1.82) is 0 Å². The molecule has 132 valence electrons. The molecule has 2 heterocycles. The van der Waals surface area contributed by atoms with E-state index in [0.29, 0.717) is 19.5 Å². The molecule has 1 aromatic rings. The van der Waals surface area contributed by atoms with Gasteiger partial charge in [-0.1, -0.05) is 24.3 Å². The van der Waals surface area contributed by atoms with Crippen LogP contribution in [0.25, 0.3) is 0 Å². The zero-order valence-electron chi connectivity index (χ0n) is 14.6. The van der Waals surface area contributed by atoms with E-state index in [1.807, 2.05) is 24.3 Å². The summed E-state index contributed by atoms with van der Waals surface area (Å²) < 4.78 is 5.23. The molecule has 0 saturated carbocycles. The number of allylic oxidation sites excluding steroid dienone is 2. The van der Waals surface area contributed by atoms with Gasteiger partial charge in [0.15, 0.2) is 0 Å². The Bertz CT molecular complexity index is 671. The molecular formula is C20H24N2O3. The quantitative estimate of drug-likeness (QED) is 0.625. The molecule has 2 fully saturated rings. The first-order valence-electron chi connectivity index (χ1n) is 9.07. The Balaban J connectivity index is 1.49. The van der Waals surface area contributed by atoms with E-state index in [4.69, 9.17) is 4.74 Å². The smallest absolute Gasteiger partial charge is 0.234 e. The van der Waals surface area contributed by atoms with E-state index in [1.54, 1.807) is 7.11 Å². The van der Waals surface area contributed by atoms with Gasteiger partial charge in [0.1, 0.15) is 5.75 Å². The number of amides is 2. The minimum Gasteiger partial charge on any atom is -0.497 e. The molecule has 1 aliphatic carbocycles. The fraction of sp³-hybridized carbons (Fsp3) is 0.500. The van der Waals surface area contributed by atoms with Gasteiger partial charge in [-0.25, -0.2) is 0 Å². The van der Waals surface area contributed by atoms with Gasteiger partial charge in [0.05, 0.1) is 25.6 Å². The fourth-order valence-electron chi connectivity index (χ4n) is 4.39. The van der Waals surface area contributed by atoms with Crippen LogP contribution in [0.4, 0.5) is 0 Å². The number of likely N-dealkylation sites (tertiary alicyclic amines) is 2. The standard InChI is InChI=1S/C20H24N2O3/c1-25-15-10-8-14(9-11-15)18-7-4-12-21(18)13-22-19(23)16-5-2-3-6-17(16)20(22)24/h2-3,8-11,16-18H,4-7,12-13H2,1H3/t16-,17+,18-/m0/s1. The molecule has 3 aliphatic rings. The summed E-state index contributed by atoms with van der Waals surface area (Å²) in [6.45, 7) is 1.34. The molecule has 25 heavy (non-hydrogen) atoms. The summed E-state index contributed by atoms with van der Waals surface area (Å²) in [6, 6.07) is 8.36. The maximum atomic E-state index is 12.7. The van der Waals surface area contributed by atoms with Crippen molar-refractivity contribution in [2.24, 2.45) is 11.8 Å². The number of methoxy groups -OCH3 is 1. The summed E-state index contributed by atoms with van der Waals surface area (Å²) in [4.78, 5) is 29.2. The van der Waals surface area contributed by atoms with Crippen LogP contribution in [0.15, 0.2) is 36.4 Å². The molecule has 2 amide bonds. The molecule has 3 atom stereocenters. The minimum absolute atomic E-state index is 0.0136. The molecule has 2 saturated heterocycles. The molecule has 0 aromatic heterocycles. The number of carbonyl (C=O) groups is 2. The van der Waals surface area contributed by atoms with E-state index in [1.165, 1.54) is 10.5 Å². The number of benzene rings is 1. The lowest BCUT2D eigenvalue weighted by atomic mass is 9.85. The van der Waals surface area contributed by atoms with Crippen molar-refractivity contribution < 1.29 is 14.3 Å². The van der Waals surface area contributed by atoms with Crippen LogP contribution >= 0.6 is 0 Å². The first-order valence-corrected chi connectivity index (χ1v) is 9.07. The minimum atomic E-state index is -0.139. The second-order valence-corrected chi connectivity index (χ2v) is 7.15. The van der Waals surface area contributed by atoms with Crippen LogP contribution in [0, 0.1) is 11.8 Å². The van der Waals surface area contributed by atoms with Crippen LogP contribution in [-0.4, -0.2) is 41.9 Å². The van der Waals surface area contributed by atoms with Crippen LogP contribution in [0.1, 0.15) is 37.3 Å². The molecule has 0 N–H and O–H groups in total. The van der Waals surface area contributed by atoms with E-state index >= 15 is 0 Å². The highest BCUT2D eigenvalue weighted by Gasteiger charge is 2.48. The van der Waals surface area contributed by atoms with Gasteiger partial charge in [0, 0.05) is 12.6 Å². The van der Waals surface area contributed by atoms with E-state index in [-0.39, 0.29) is 29.7 Å². The van der Waals surface area contributed by atoms with Gasteiger partial charge in [-0.15, -0.1) is 0 Å². The Kier molecular flexibility index (Phi) is 4.34. The fourth-order valence-corrected chi connectivity index (χ4v) is 4.39. The first kappa shape index (κ1) is 16.3. The van der Waals surface area contributed by atoms with Crippen molar-refractivity contribution in [1.82, 2.24) is 9.80 Å². The predicted molar refractivity (Wildman–Crippen MR) is 93.7 cm³/mol. The van der Waals surface area contributed by atoms with Gasteiger partial charge in [0.2, 0.25) is 11.8 Å². The molecule has 0 unspecified atom stereocenters. The normalized spacial score (nSPS) is 29.3. The number of rotatable bonds is 4. The SMILES string of the molecule is COc1ccc([C@@H]2CCCN2CN2C(=O)[C@H]3CC=CC[C@H]3C2=O)cc1. The largest absolute Gasteiger partial charge is 0.497 e. The van der Waals surface area contributed by atoms with E-state index in [2.05, 4.69) is 17.0 Å². The molecule has 4 rings (SSSR count). The van der Waals surface area contributed by atoms with Crippen LogP contribution in [-0.2, 0) is 9.59 Å². The van der Waals surface area contributed by atoms with Crippen LogP contribution in [0.2, 0.25) is 0 Å². The number of fused-ring (bicyclic) bond motifs is 1. The second-order valence-electron chi connectivity index (χ2n) is 7.15. The lowest BCUT2D eigenvalue weighted by molar-refractivity contribution is -0.142. The Morgan fingerprint density at radius 3 is 2.28 bits per heavy atom. The molecular weight excluding hydrogens is 316 g/mol. The van der Waals surface area contributed by atoms with Crippen molar-refractivity contribution >= 4 is 11.8 Å². The summed E-state index contributed by atoms with van der Waals surface area (Å²) in [7, 11) is 1.66. The predicted octanol–water partition coefficient (Wildman–Crippen LogP) is 2.74. The zero-order chi connectivity index (χ0) is 17.4. The monoisotopic (exact) mass is 340 g/mol. The maximum Gasteiger partial charge on any atom is 0.234 e. The third-order valence-electron chi connectivity index (χ3n) is 5.79. The van der Waals surface area contributed by atoms with Gasteiger partial charge in [0.25, 0.3) is 0 Å². The highest BCUT2D eigenvalue weighted by Crippen LogP contribution is 2.38. The third-order valence-corrected chi connectivity index (χ3v) is 5.79. The molecule has 0 bridgehead atoms. The van der Waals surface area contributed by atoms with E-state index in [0.717, 1.165) is 25.1 Å². The zero-order valence-corrected chi connectivity index (χ0v) is 14.6. The number of imide groups is 1. The van der Waals surface area contributed by atoms with Crippen LogP contribution in [0.5, 0.6) is 5.75 Å². The highest BCUT2D eigenvalue weighted by atomic mass is 16.5. The number of hydrogen-bond donors (Lipinski definition) is 0. The lowest BCUT2D eigenvalue weighted by Crippen LogP contribution is -2.41. The first-order chi connectivity index (χ1) is 12.2. The molecule has 0 spiro atoms. The average molecular weight is 340 g/mol. The topological polar surface area (TPSA) is 49.9 Å². The Morgan fingerprint density at radius 2 is 1.68 bits per heavy atom. The van der Waals surface area contributed by atoms with Crippen molar-refractivity contribution in [2.75, 3.05) is 20.3 Å². The molecule has 1 aromatic carbocycles. The van der Waals surface area contributed by atoms with E-state index < -0.39 is 0 Å². The van der Waals surface area contributed by atoms with Crippen LogP contribution in [0.3, 0.4) is 0 Å². The van der Waals surface area contributed by atoms with Crippen molar-refractivity contribution in [3.8, 4) is 5.75 Å². The van der Waals surface area contributed by atoms with Crippen molar-refractivity contribution in [3.05, 3.63) is 42.0 Å². The van der Waals surface area contributed by atoms with Gasteiger partial charge in [-0.2, -0.15) is 0 Å². The summed E-state index contributed by atoms with van der Waals surface area (Å²) >= 11 is 0. The number of nitrogens with zero attached hydrogens (tertiary/aromatic N) is 2. The maximum absolute atomic E-state index is 12.7. The van der Waals surface area contributed by atoms with Crippen molar-refractivity contribution in [2.45, 2.75) is 31.7 Å². The van der Waals surface area contributed by atoms with Gasteiger partial charge < -0.3 is 4.74 Å². The van der Waals surface area contributed by atoms with Crippen LogP contribution < -0.4 is 4.74 Å². The number of hydrogen-bond acceptors (Lipinski definition) is 4.